The van der Waals surface area contributed by atoms with E-state index in [9.17, 15) is 9.59 Å². The van der Waals surface area contributed by atoms with Crippen LogP contribution in [-0.4, -0.2) is 32.7 Å². The van der Waals surface area contributed by atoms with Crippen molar-refractivity contribution in [1.82, 2.24) is 14.5 Å². The molecular formula is C27H27N3O2S. The van der Waals surface area contributed by atoms with Gasteiger partial charge in [0.2, 0.25) is 5.91 Å². The molecule has 0 fully saturated rings. The van der Waals surface area contributed by atoms with Crippen molar-refractivity contribution in [2.24, 2.45) is 0 Å². The van der Waals surface area contributed by atoms with Crippen molar-refractivity contribution in [2.75, 3.05) is 7.05 Å². The van der Waals surface area contributed by atoms with Crippen molar-refractivity contribution >= 4 is 28.6 Å². The Morgan fingerprint density at radius 2 is 1.64 bits per heavy atom. The van der Waals surface area contributed by atoms with Gasteiger partial charge in [0.1, 0.15) is 0 Å². The Labute approximate surface area is 198 Å². The molecule has 0 N–H and O–H groups in total. The summed E-state index contributed by atoms with van der Waals surface area (Å²) in [6, 6.07) is 25.4. The number of benzene rings is 3. The lowest BCUT2D eigenvalue weighted by Gasteiger charge is -2.22. The quantitative estimate of drug-likeness (QED) is 0.293. The first-order valence-electron chi connectivity index (χ1n) is 10.9. The molecule has 0 saturated carbocycles. The molecule has 0 aliphatic carbocycles. The van der Waals surface area contributed by atoms with Gasteiger partial charge < -0.3 is 4.90 Å². The summed E-state index contributed by atoms with van der Waals surface area (Å²) in [6.45, 7) is 4.84. The second-order valence-electron chi connectivity index (χ2n) is 8.23. The van der Waals surface area contributed by atoms with E-state index in [0.29, 0.717) is 29.1 Å². The number of amides is 1. The molecule has 1 atom stereocenters. The minimum Gasteiger partial charge on any atom is -0.340 e. The maximum absolute atomic E-state index is 13.4. The van der Waals surface area contributed by atoms with Gasteiger partial charge in [-0.3, -0.25) is 14.2 Å². The van der Waals surface area contributed by atoms with Gasteiger partial charge in [0, 0.05) is 13.6 Å². The van der Waals surface area contributed by atoms with E-state index in [4.69, 9.17) is 4.98 Å². The fraction of sp³-hybridized carbons (Fsp3) is 0.222. The van der Waals surface area contributed by atoms with Gasteiger partial charge in [0.15, 0.2) is 5.16 Å². The van der Waals surface area contributed by atoms with E-state index in [2.05, 4.69) is 0 Å². The second kappa shape index (κ2) is 10.0. The van der Waals surface area contributed by atoms with Crippen LogP contribution in [0.15, 0.2) is 88.8 Å². The molecule has 0 bridgehead atoms. The summed E-state index contributed by atoms with van der Waals surface area (Å²) in [5.74, 6) is -0.00635. The van der Waals surface area contributed by atoms with Crippen LogP contribution in [0, 0.1) is 6.92 Å². The number of aryl methyl sites for hydroxylation is 1. The Bertz CT molecular complexity index is 1320. The van der Waals surface area contributed by atoms with Crippen LogP contribution in [0.3, 0.4) is 0 Å². The van der Waals surface area contributed by atoms with Crippen molar-refractivity contribution in [3.05, 3.63) is 106 Å². The van der Waals surface area contributed by atoms with Gasteiger partial charge in [-0.25, -0.2) is 4.98 Å². The van der Waals surface area contributed by atoms with Crippen LogP contribution >= 0.6 is 11.8 Å². The molecule has 0 spiro atoms. The lowest BCUT2D eigenvalue weighted by molar-refractivity contribution is -0.129. The Morgan fingerprint density at radius 3 is 2.36 bits per heavy atom. The number of hydrogen-bond acceptors (Lipinski definition) is 4. The first kappa shape index (κ1) is 22.8. The van der Waals surface area contributed by atoms with Gasteiger partial charge >= 0.3 is 0 Å². The van der Waals surface area contributed by atoms with Gasteiger partial charge in [0.05, 0.1) is 22.7 Å². The number of nitrogens with zero attached hydrogens (tertiary/aromatic N) is 3. The minimum absolute atomic E-state index is 0.00635. The monoisotopic (exact) mass is 457 g/mol. The topological polar surface area (TPSA) is 55.2 Å². The van der Waals surface area contributed by atoms with Crippen LogP contribution in [0.2, 0.25) is 0 Å². The van der Waals surface area contributed by atoms with Crippen LogP contribution in [0.25, 0.3) is 10.9 Å². The molecule has 0 aliphatic rings. The zero-order valence-electron chi connectivity index (χ0n) is 19.1. The molecule has 1 amide bonds. The van der Waals surface area contributed by atoms with Crippen LogP contribution < -0.4 is 5.56 Å². The highest BCUT2D eigenvalue weighted by atomic mass is 32.2. The first-order valence-corrected chi connectivity index (χ1v) is 11.8. The molecule has 33 heavy (non-hydrogen) atoms. The van der Waals surface area contributed by atoms with Crippen molar-refractivity contribution < 1.29 is 4.79 Å². The number of para-hydroxylation sites is 1. The molecule has 0 aliphatic heterocycles. The second-order valence-corrected chi connectivity index (χ2v) is 9.54. The predicted octanol–water partition coefficient (Wildman–Crippen LogP) is 4.89. The van der Waals surface area contributed by atoms with Crippen molar-refractivity contribution in [2.45, 2.75) is 37.3 Å². The Hall–Kier alpha value is -3.38. The average molecular weight is 458 g/mol. The number of rotatable bonds is 7. The van der Waals surface area contributed by atoms with Gasteiger partial charge in [-0.1, -0.05) is 84.1 Å². The van der Waals surface area contributed by atoms with Gasteiger partial charge in [-0.15, -0.1) is 0 Å². The van der Waals surface area contributed by atoms with Crippen molar-refractivity contribution in [3.63, 3.8) is 0 Å². The molecule has 0 saturated heterocycles. The lowest BCUT2D eigenvalue weighted by Crippen LogP contribution is -2.33. The summed E-state index contributed by atoms with van der Waals surface area (Å²) in [7, 11) is 1.81. The van der Waals surface area contributed by atoms with Crippen LogP contribution in [0.5, 0.6) is 0 Å². The molecular weight excluding hydrogens is 430 g/mol. The summed E-state index contributed by atoms with van der Waals surface area (Å²) < 4.78 is 1.68. The zero-order valence-corrected chi connectivity index (χ0v) is 19.9. The molecule has 4 rings (SSSR count). The van der Waals surface area contributed by atoms with E-state index in [0.717, 1.165) is 16.7 Å². The summed E-state index contributed by atoms with van der Waals surface area (Å²) in [6.07, 6.45) is 0. The number of fused-ring (bicyclic) bond motifs is 1. The van der Waals surface area contributed by atoms with Gasteiger partial charge in [-0.05, 0) is 37.1 Å². The maximum Gasteiger partial charge on any atom is 0.262 e. The molecule has 5 nitrogen and oxygen atoms in total. The lowest BCUT2D eigenvalue weighted by atomic mass is 10.1. The third-order valence-electron chi connectivity index (χ3n) is 5.56. The maximum atomic E-state index is 13.4. The third kappa shape index (κ3) is 5.34. The number of thioether (sulfide) groups is 1. The fourth-order valence-corrected chi connectivity index (χ4v) is 4.73. The van der Waals surface area contributed by atoms with E-state index >= 15 is 0 Å². The standard InChI is InChI=1S/C27H27N3O2S/c1-19-13-15-22(16-14-19)18-30-26(32)23-11-7-8-12-24(23)28-27(30)33-20(2)25(31)29(3)17-21-9-5-4-6-10-21/h4-16,20H,17-18H2,1-3H3. The Balaban J connectivity index is 1.63. The van der Waals surface area contributed by atoms with E-state index in [1.807, 2.05) is 86.6 Å². The average Bonchev–Trinajstić information content (AvgIpc) is 2.83. The number of hydrogen-bond donors (Lipinski definition) is 0. The number of aromatic nitrogens is 2. The molecule has 0 radical (unpaired) electrons. The summed E-state index contributed by atoms with van der Waals surface area (Å²) >= 11 is 1.33. The zero-order chi connectivity index (χ0) is 23.4. The number of carbonyl (C=O) groups is 1. The molecule has 1 unspecified atom stereocenters. The predicted molar refractivity (Wildman–Crippen MR) is 135 cm³/mol. The normalized spacial score (nSPS) is 12.0. The fourth-order valence-electron chi connectivity index (χ4n) is 3.71. The molecule has 4 aromatic rings. The summed E-state index contributed by atoms with van der Waals surface area (Å²) in [5, 5.41) is 0.735. The van der Waals surface area contributed by atoms with Gasteiger partial charge in [0.25, 0.3) is 5.56 Å². The van der Waals surface area contributed by atoms with Crippen LogP contribution in [0.1, 0.15) is 23.6 Å². The smallest absolute Gasteiger partial charge is 0.262 e. The van der Waals surface area contributed by atoms with Gasteiger partial charge in [-0.2, -0.15) is 0 Å². The minimum atomic E-state index is -0.393. The van der Waals surface area contributed by atoms with Crippen molar-refractivity contribution in [1.29, 1.82) is 0 Å². The third-order valence-corrected chi connectivity index (χ3v) is 6.63. The summed E-state index contributed by atoms with van der Waals surface area (Å²) in [5.41, 5.74) is 3.80. The molecule has 6 heteroatoms. The number of carbonyl (C=O) groups excluding carboxylic acids is 1. The Morgan fingerprint density at radius 1 is 0.970 bits per heavy atom. The molecule has 3 aromatic carbocycles. The van der Waals surface area contributed by atoms with Crippen LogP contribution in [0.4, 0.5) is 0 Å². The molecule has 168 valence electrons. The highest BCUT2D eigenvalue weighted by Crippen LogP contribution is 2.25. The van der Waals surface area contributed by atoms with Crippen LogP contribution in [-0.2, 0) is 17.9 Å². The Kier molecular flexibility index (Phi) is 6.94. The van der Waals surface area contributed by atoms with E-state index in [1.165, 1.54) is 11.8 Å². The molecule has 1 aromatic heterocycles. The summed E-state index contributed by atoms with van der Waals surface area (Å²) in [4.78, 5) is 32.9. The SMILES string of the molecule is Cc1ccc(Cn2c(SC(C)C(=O)N(C)Cc3ccccc3)nc3ccccc3c2=O)cc1. The van der Waals surface area contributed by atoms with E-state index < -0.39 is 5.25 Å². The highest BCUT2D eigenvalue weighted by Gasteiger charge is 2.22. The largest absolute Gasteiger partial charge is 0.340 e. The van der Waals surface area contributed by atoms with E-state index in [-0.39, 0.29) is 11.5 Å². The van der Waals surface area contributed by atoms with Crippen molar-refractivity contribution in [3.8, 4) is 0 Å². The van der Waals surface area contributed by atoms with E-state index in [1.54, 1.807) is 22.6 Å². The highest BCUT2D eigenvalue weighted by molar-refractivity contribution is 8.00. The molecule has 1 heterocycles. The first-order chi connectivity index (χ1) is 15.9.